The van der Waals surface area contributed by atoms with Crippen LogP contribution < -0.4 is 0 Å². The molecule has 2 aromatic heterocycles. The van der Waals surface area contributed by atoms with E-state index >= 15 is 0 Å². The van der Waals surface area contributed by atoms with Crippen molar-refractivity contribution in [1.29, 1.82) is 0 Å². The van der Waals surface area contributed by atoms with E-state index in [4.69, 9.17) is 9.90 Å². The first-order valence-corrected chi connectivity index (χ1v) is 10.9. The van der Waals surface area contributed by atoms with Crippen molar-refractivity contribution in [2.75, 3.05) is 7.05 Å². The monoisotopic (exact) mass is 451 g/mol. The Balaban J connectivity index is 0.000000709. The molecule has 0 saturated heterocycles. The summed E-state index contributed by atoms with van der Waals surface area (Å²) in [5.74, 6) is -1.78. The van der Waals surface area contributed by atoms with E-state index in [9.17, 15) is 14.7 Å². The van der Waals surface area contributed by atoms with Crippen molar-refractivity contribution < 1.29 is 24.6 Å². The molecule has 1 aliphatic rings. The Morgan fingerprint density at radius 1 is 1.15 bits per heavy atom. The van der Waals surface area contributed by atoms with Gasteiger partial charge in [-0.25, -0.2) is 4.98 Å². The number of likely N-dealkylation sites (N-methyl/N-ethyl adjacent to an activating group) is 1. The number of nitrogens with zero attached hydrogens (tertiary/aromatic N) is 3. The van der Waals surface area contributed by atoms with Crippen LogP contribution in [0.3, 0.4) is 0 Å². The van der Waals surface area contributed by atoms with Crippen LogP contribution in [0.25, 0.3) is 11.0 Å². The van der Waals surface area contributed by atoms with Crippen LogP contribution in [-0.4, -0.2) is 55.6 Å². The van der Waals surface area contributed by atoms with E-state index < -0.39 is 11.9 Å². The lowest BCUT2D eigenvalue weighted by molar-refractivity contribution is -0.136. The lowest BCUT2D eigenvalue weighted by Gasteiger charge is -2.34. The highest BCUT2D eigenvalue weighted by atomic mass is 16.4. The molecule has 2 N–H and O–H groups in total. The quantitative estimate of drug-likeness (QED) is 0.615. The Labute approximate surface area is 192 Å². The molecule has 0 spiro atoms. The zero-order chi connectivity index (χ0) is 24.1. The highest BCUT2D eigenvalue weighted by Gasteiger charge is 2.31. The molecule has 33 heavy (non-hydrogen) atoms. The van der Waals surface area contributed by atoms with E-state index in [1.807, 2.05) is 61.3 Å². The summed E-state index contributed by atoms with van der Waals surface area (Å²) in [7, 11) is 1.87. The van der Waals surface area contributed by atoms with Gasteiger partial charge in [0.2, 0.25) is 5.91 Å². The highest BCUT2D eigenvalue weighted by Crippen LogP contribution is 2.32. The van der Waals surface area contributed by atoms with Crippen LogP contribution in [0.1, 0.15) is 43.0 Å². The number of hydrogen-bond donors (Lipinski definition) is 2. The number of fused-ring (bicyclic) bond motifs is 3. The van der Waals surface area contributed by atoms with Gasteiger partial charge in [-0.2, -0.15) is 0 Å². The molecule has 3 aromatic rings. The van der Waals surface area contributed by atoms with E-state index in [0.717, 1.165) is 47.6 Å². The molecular weight excluding hydrogens is 422 g/mol. The molecule has 2 atom stereocenters. The topological polar surface area (TPSA) is 113 Å². The first-order chi connectivity index (χ1) is 15.7. The minimum Gasteiger partial charge on any atom is -0.481 e. The summed E-state index contributed by atoms with van der Waals surface area (Å²) in [6, 6.07) is 13.7. The molecule has 0 fully saturated rings. The molecule has 0 radical (unpaired) electrons. The molecule has 8 nitrogen and oxygen atoms in total. The normalized spacial score (nSPS) is 15.7. The molecule has 1 aliphatic heterocycles. The van der Waals surface area contributed by atoms with Crippen LogP contribution in [-0.2, 0) is 33.8 Å². The van der Waals surface area contributed by atoms with Gasteiger partial charge >= 0.3 is 5.97 Å². The van der Waals surface area contributed by atoms with Gasteiger partial charge in [-0.3, -0.25) is 14.4 Å². The Morgan fingerprint density at radius 2 is 1.82 bits per heavy atom. The number of rotatable bonds is 5. The highest BCUT2D eigenvalue weighted by molar-refractivity contribution is 5.87. The third kappa shape index (κ3) is 5.39. The van der Waals surface area contributed by atoms with Crippen LogP contribution in [0.4, 0.5) is 0 Å². The summed E-state index contributed by atoms with van der Waals surface area (Å²) in [6.07, 6.45) is 3.28. The van der Waals surface area contributed by atoms with Gasteiger partial charge < -0.3 is 19.7 Å². The summed E-state index contributed by atoms with van der Waals surface area (Å²) in [5, 5.41) is 17.7. The summed E-state index contributed by atoms with van der Waals surface area (Å²) in [5.41, 5.74) is 3.71. The Bertz CT molecular complexity index is 1150. The lowest BCUT2D eigenvalue weighted by Crippen LogP contribution is -2.44. The van der Waals surface area contributed by atoms with Crippen molar-refractivity contribution in [2.45, 2.75) is 51.6 Å². The number of carboxylic acid groups (broad SMARTS) is 2. The number of carboxylic acids is 2. The number of hydrogen-bond acceptors (Lipinski definition) is 4. The molecule has 0 aliphatic carbocycles. The Hall–Kier alpha value is -3.68. The van der Waals surface area contributed by atoms with Gasteiger partial charge in [0.1, 0.15) is 5.65 Å². The Kier molecular flexibility index (Phi) is 7.48. The van der Waals surface area contributed by atoms with Crippen LogP contribution in [0.15, 0.2) is 48.7 Å². The fourth-order valence-corrected chi connectivity index (χ4v) is 4.42. The third-order valence-corrected chi connectivity index (χ3v) is 6.04. The smallest absolute Gasteiger partial charge is 0.307 e. The SMILES string of the molecule is CC(=O)O.C[C@@H](C(=O)N(C)[C@@H]1CCc2c(CC(=O)O)c3cccnc3n2C1)c1ccccc1. The molecule has 174 valence electrons. The summed E-state index contributed by atoms with van der Waals surface area (Å²) < 4.78 is 2.11. The minimum atomic E-state index is -0.838. The second-order valence-corrected chi connectivity index (χ2v) is 8.27. The average molecular weight is 452 g/mol. The summed E-state index contributed by atoms with van der Waals surface area (Å²) in [6.45, 7) is 3.66. The molecule has 0 bridgehead atoms. The maximum atomic E-state index is 13.1. The number of carbonyl (C=O) groups excluding carboxylic acids is 1. The number of carbonyl (C=O) groups is 3. The summed E-state index contributed by atoms with van der Waals surface area (Å²) in [4.78, 5) is 39.8. The van der Waals surface area contributed by atoms with Gasteiger partial charge in [-0.15, -0.1) is 0 Å². The molecule has 0 saturated carbocycles. The van der Waals surface area contributed by atoms with Gasteiger partial charge in [0, 0.05) is 43.8 Å². The largest absolute Gasteiger partial charge is 0.481 e. The van der Waals surface area contributed by atoms with Crippen molar-refractivity contribution >= 4 is 28.9 Å². The lowest BCUT2D eigenvalue weighted by atomic mass is 9.96. The average Bonchev–Trinajstić information content (AvgIpc) is 3.10. The van der Waals surface area contributed by atoms with Gasteiger partial charge in [0.15, 0.2) is 0 Å². The first kappa shape index (κ1) is 24.0. The molecule has 1 aromatic carbocycles. The van der Waals surface area contributed by atoms with Crippen molar-refractivity contribution in [3.8, 4) is 0 Å². The summed E-state index contributed by atoms with van der Waals surface area (Å²) >= 11 is 0. The molecule has 3 heterocycles. The van der Waals surface area contributed by atoms with Gasteiger partial charge in [-0.05, 0) is 43.0 Å². The predicted molar refractivity (Wildman–Crippen MR) is 124 cm³/mol. The number of amides is 1. The predicted octanol–water partition coefficient (Wildman–Crippen LogP) is 3.33. The molecule has 8 heteroatoms. The van der Waals surface area contributed by atoms with Gasteiger partial charge in [-0.1, -0.05) is 30.3 Å². The van der Waals surface area contributed by atoms with Crippen molar-refractivity contribution in [1.82, 2.24) is 14.5 Å². The molecular formula is C25H29N3O5. The third-order valence-electron chi connectivity index (χ3n) is 6.04. The van der Waals surface area contributed by atoms with E-state index in [2.05, 4.69) is 9.55 Å². The second-order valence-electron chi connectivity index (χ2n) is 8.27. The zero-order valence-corrected chi connectivity index (χ0v) is 19.1. The van der Waals surface area contributed by atoms with Crippen molar-refractivity contribution in [3.63, 3.8) is 0 Å². The van der Waals surface area contributed by atoms with Crippen LogP contribution in [0.5, 0.6) is 0 Å². The fraction of sp³-hybridized carbons (Fsp3) is 0.360. The van der Waals surface area contributed by atoms with E-state index in [1.165, 1.54) is 0 Å². The number of aromatic nitrogens is 2. The van der Waals surface area contributed by atoms with E-state index in [0.29, 0.717) is 6.54 Å². The Morgan fingerprint density at radius 3 is 2.45 bits per heavy atom. The van der Waals surface area contributed by atoms with Crippen molar-refractivity contribution in [2.24, 2.45) is 0 Å². The van der Waals surface area contributed by atoms with E-state index in [1.54, 1.807) is 6.20 Å². The fourth-order valence-electron chi connectivity index (χ4n) is 4.42. The van der Waals surface area contributed by atoms with Crippen molar-refractivity contribution in [3.05, 3.63) is 65.5 Å². The molecule has 4 rings (SSSR count). The standard InChI is InChI=1S/C23H25N3O3.C2H4O2/c1-15(16-7-4-3-5-8-16)23(29)25(2)17-10-11-20-19(13-21(27)28)18-9-6-12-24-22(18)26(20)14-17;1-2(3)4/h3-9,12,15,17H,10-11,13-14H2,1-2H3,(H,27,28);1H3,(H,3,4)/t15-,17-;/m1./s1. The van der Waals surface area contributed by atoms with E-state index in [-0.39, 0.29) is 24.3 Å². The van der Waals surface area contributed by atoms with Crippen LogP contribution in [0, 0.1) is 0 Å². The van der Waals surface area contributed by atoms with Gasteiger partial charge in [0.05, 0.1) is 12.3 Å². The minimum absolute atomic E-state index is 0.00496. The second kappa shape index (κ2) is 10.3. The zero-order valence-electron chi connectivity index (χ0n) is 19.1. The maximum Gasteiger partial charge on any atom is 0.307 e. The molecule has 1 amide bonds. The van der Waals surface area contributed by atoms with Crippen LogP contribution in [0.2, 0.25) is 0 Å². The van der Waals surface area contributed by atoms with Gasteiger partial charge in [0.25, 0.3) is 5.97 Å². The number of benzene rings is 1. The molecule has 0 unspecified atom stereocenters. The maximum absolute atomic E-state index is 13.1. The number of pyridine rings is 1. The number of aliphatic carboxylic acids is 2. The first-order valence-electron chi connectivity index (χ1n) is 10.9. The van der Waals surface area contributed by atoms with Crippen LogP contribution >= 0.6 is 0 Å².